The molecule has 0 radical (unpaired) electrons. The van der Waals surface area contributed by atoms with Crippen LogP contribution in [0.15, 0.2) is 90.3 Å². The van der Waals surface area contributed by atoms with Gasteiger partial charge in [0.15, 0.2) is 6.23 Å². The van der Waals surface area contributed by atoms with Gasteiger partial charge in [0.1, 0.15) is 11.3 Å². The van der Waals surface area contributed by atoms with Crippen molar-refractivity contribution >= 4 is 23.5 Å². The number of para-hydroxylation sites is 1. The molecule has 2 atom stereocenters. The number of methoxy groups -OCH3 is 2. The van der Waals surface area contributed by atoms with E-state index in [1.54, 1.807) is 47.5 Å². The zero-order chi connectivity index (χ0) is 23.9. The molecule has 5 rings (SSSR count). The second kappa shape index (κ2) is 8.31. The van der Waals surface area contributed by atoms with Gasteiger partial charge >= 0.3 is 11.9 Å². The highest BCUT2D eigenvalue weighted by atomic mass is 16.6. The first-order valence-electron chi connectivity index (χ1n) is 10.7. The molecule has 3 aliphatic heterocycles. The lowest BCUT2D eigenvalue weighted by atomic mass is 9.83. The quantitative estimate of drug-likeness (QED) is 0.652. The zero-order valence-corrected chi connectivity index (χ0v) is 18.6. The smallest absolute Gasteiger partial charge is 0.355 e. The standard InChI is InChI=1S/C26H22N2O6/c1-32-23(29)21-22(24(30)33-2)27-15-9-8-14-20(27)34-26(21)18-12-6-7-13-19(18)28(25(26)31)16-17-10-4-3-5-11-17/h3-15,20H,16H2,1-2H3/t20-,26-/m0/s1. The number of ether oxygens (including phenoxy) is 3. The molecule has 1 spiro atoms. The van der Waals surface area contributed by atoms with Gasteiger partial charge in [0.2, 0.25) is 5.60 Å². The molecule has 0 fully saturated rings. The third-order valence-corrected chi connectivity index (χ3v) is 6.12. The van der Waals surface area contributed by atoms with Crippen molar-refractivity contribution in [2.45, 2.75) is 18.4 Å². The lowest BCUT2D eigenvalue weighted by molar-refractivity contribution is -0.168. The number of amides is 1. The number of carbonyl (C=O) groups is 3. The molecule has 8 heteroatoms. The second-order valence-electron chi connectivity index (χ2n) is 7.92. The fraction of sp³-hybridized carbons (Fsp3) is 0.192. The molecule has 0 saturated heterocycles. The molecule has 34 heavy (non-hydrogen) atoms. The lowest BCUT2D eigenvalue weighted by Crippen LogP contribution is -2.56. The van der Waals surface area contributed by atoms with Crippen LogP contribution in [0.4, 0.5) is 5.69 Å². The van der Waals surface area contributed by atoms with Crippen molar-refractivity contribution in [2.24, 2.45) is 0 Å². The van der Waals surface area contributed by atoms with Gasteiger partial charge in [0.05, 0.1) is 26.5 Å². The summed E-state index contributed by atoms with van der Waals surface area (Å²) in [5, 5.41) is 0. The topological polar surface area (TPSA) is 85.4 Å². The van der Waals surface area contributed by atoms with Gasteiger partial charge in [-0.25, -0.2) is 9.59 Å². The van der Waals surface area contributed by atoms with Gasteiger partial charge in [0.25, 0.3) is 5.91 Å². The van der Waals surface area contributed by atoms with Crippen LogP contribution in [0.2, 0.25) is 0 Å². The molecule has 2 aromatic rings. The van der Waals surface area contributed by atoms with E-state index in [1.807, 2.05) is 36.4 Å². The van der Waals surface area contributed by atoms with Gasteiger partial charge in [-0.3, -0.25) is 4.79 Å². The number of anilines is 1. The summed E-state index contributed by atoms with van der Waals surface area (Å²) in [6, 6.07) is 16.6. The average Bonchev–Trinajstić information content (AvgIpc) is 3.10. The number of benzene rings is 2. The largest absolute Gasteiger partial charge is 0.465 e. The van der Waals surface area contributed by atoms with Gasteiger partial charge in [-0.2, -0.15) is 0 Å². The first-order chi connectivity index (χ1) is 16.5. The molecule has 0 N–H and O–H groups in total. The molecule has 0 aromatic heterocycles. The van der Waals surface area contributed by atoms with E-state index in [1.165, 1.54) is 19.1 Å². The Hall–Kier alpha value is -4.17. The van der Waals surface area contributed by atoms with Crippen LogP contribution in [0.25, 0.3) is 0 Å². The third kappa shape index (κ3) is 3.07. The van der Waals surface area contributed by atoms with Crippen molar-refractivity contribution in [2.75, 3.05) is 19.1 Å². The average molecular weight is 458 g/mol. The predicted octanol–water partition coefficient (Wildman–Crippen LogP) is 2.77. The Morgan fingerprint density at radius 3 is 2.41 bits per heavy atom. The number of hydrogen-bond acceptors (Lipinski definition) is 7. The Labute approximate surface area is 196 Å². The molecule has 8 nitrogen and oxygen atoms in total. The molecule has 0 unspecified atom stereocenters. The summed E-state index contributed by atoms with van der Waals surface area (Å²) in [7, 11) is 2.42. The molecular weight excluding hydrogens is 436 g/mol. The highest BCUT2D eigenvalue weighted by Gasteiger charge is 2.62. The second-order valence-corrected chi connectivity index (χ2v) is 7.92. The van der Waals surface area contributed by atoms with Crippen molar-refractivity contribution in [1.82, 2.24) is 4.90 Å². The maximum Gasteiger partial charge on any atom is 0.355 e. The molecule has 0 aliphatic carbocycles. The van der Waals surface area contributed by atoms with E-state index in [0.29, 0.717) is 11.3 Å². The van der Waals surface area contributed by atoms with Crippen LogP contribution in [0.1, 0.15) is 11.1 Å². The van der Waals surface area contributed by atoms with Crippen molar-refractivity contribution in [1.29, 1.82) is 0 Å². The molecule has 2 aromatic carbocycles. The van der Waals surface area contributed by atoms with E-state index in [9.17, 15) is 14.4 Å². The normalized spacial score (nSPS) is 22.6. The fourth-order valence-electron chi connectivity index (χ4n) is 4.66. The number of allylic oxidation sites excluding steroid dienone is 2. The molecule has 3 heterocycles. The minimum Gasteiger partial charge on any atom is -0.465 e. The molecule has 0 bridgehead atoms. The summed E-state index contributed by atoms with van der Waals surface area (Å²) >= 11 is 0. The van der Waals surface area contributed by atoms with Crippen molar-refractivity contribution in [3.8, 4) is 0 Å². The number of esters is 2. The van der Waals surface area contributed by atoms with Gasteiger partial charge in [-0.15, -0.1) is 0 Å². The minimum atomic E-state index is -1.89. The van der Waals surface area contributed by atoms with Crippen LogP contribution in [0.5, 0.6) is 0 Å². The third-order valence-electron chi connectivity index (χ3n) is 6.12. The Morgan fingerprint density at radius 1 is 0.971 bits per heavy atom. The molecule has 0 saturated carbocycles. The number of nitrogens with zero attached hydrogens (tertiary/aromatic N) is 2. The van der Waals surface area contributed by atoms with E-state index >= 15 is 0 Å². The van der Waals surface area contributed by atoms with Crippen molar-refractivity contribution in [3.05, 3.63) is 101 Å². The number of carbonyl (C=O) groups excluding carboxylic acids is 3. The number of fused-ring (bicyclic) bond motifs is 3. The first-order valence-corrected chi connectivity index (χ1v) is 10.7. The summed E-state index contributed by atoms with van der Waals surface area (Å²) in [5.41, 5.74) is -0.260. The van der Waals surface area contributed by atoms with Gasteiger partial charge < -0.3 is 24.0 Å². The van der Waals surface area contributed by atoms with Gasteiger partial charge in [-0.1, -0.05) is 54.6 Å². The lowest BCUT2D eigenvalue weighted by Gasteiger charge is -2.44. The maximum absolute atomic E-state index is 14.3. The molecular formula is C26H22N2O6. The Balaban J connectivity index is 1.78. The summed E-state index contributed by atoms with van der Waals surface area (Å²) < 4.78 is 16.5. The number of hydrogen-bond donors (Lipinski definition) is 0. The van der Waals surface area contributed by atoms with E-state index in [-0.39, 0.29) is 17.8 Å². The summed E-state index contributed by atoms with van der Waals surface area (Å²) in [6.07, 6.45) is 5.93. The highest BCUT2D eigenvalue weighted by Crippen LogP contribution is 2.52. The minimum absolute atomic E-state index is 0.101. The van der Waals surface area contributed by atoms with Crippen molar-refractivity contribution in [3.63, 3.8) is 0 Å². The fourth-order valence-corrected chi connectivity index (χ4v) is 4.66. The van der Waals surface area contributed by atoms with Crippen LogP contribution in [-0.2, 0) is 40.7 Å². The summed E-state index contributed by atoms with van der Waals surface area (Å²) in [5.74, 6) is -2.12. The predicted molar refractivity (Wildman–Crippen MR) is 122 cm³/mol. The van der Waals surface area contributed by atoms with E-state index in [0.717, 1.165) is 5.56 Å². The highest BCUT2D eigenvalue weighted by molar-refractivity contribution is 6.16. The van der Waals surface area contributed by atoms with Crippen LogP contribution in [0.3, 0.4) is 0 Å². The van der Waals surface area contributed by atoms with Crippen molar-refractivity contribution < 1.29 is 28.6 Å². The maximum atomic E-state index is 14.3. The van der Waals surface area contributed by atoms with Crippen LogP contribution in [0, 0.1) is 0 Å². The summed E-state index contributed by atoms with van der Waals surface area (Å²) in [6.45, 7) is 0.258. The molecule has 3 aliphatic rings. The van der Waals surface area contributed by atoms with E-state index < -0.39 is 29.7 Å². The van der Waals surface area contributed by atoms with Gasteiger partial charge in [0, 0.05) is 11.8 Å². The Kier molecular flexibility index (Phi) is 5.30. The molecule has 1 amide bonds. The summed E-state index contributed by atoms with van der Waals surface area (Å²) in [4.78, 5) is 43.6. The Bertz CT molecular complexity index is 1270. The van der Waals surface area contributed by atoms with E-state index in [4.69, 9.17) is 14.2 Å². The van der Waals surface area contributed by atoms with Crippen LogP contribution < -0.4 is 4.90 Å². The molecule has 172 valence electrons. The Morgan fingerprint density at radius 2 is 1.68 bits per heavy atom. The van der Waals surface area contributed by atoms with Crippen LogP contribution >= 0.6 is 0 Å². The monoisotopic (exact) mass is 458 g/mol. The first kappa shape index (κ1) is 21.7. The van der Waals surface area contributed by atoms with Gasteiger partial charge in [-0.05, 0) is 23.8 Å². The van der Waals surface area contributed by atoms with E-state index in [2.05, 4.69) is 0 Å². The van der Waals surface area contributed by atoms with Crippen LogP contribution in [-0.4, -0.2) is 43.2 Å². The number of rotatable bonds is 4. The SMILES string of the molecule is COC(=O)C1=C(C(=O)OC)[C@]2(O[C@H]3C=CC=CN13)C(=O)N(Cc1ccccc1)c1ccccc12. The zero-order valence-electron chi connectivity index (χ0n) is 18.6.